The van der Waals surface area contributed by atoms with Crippen LogP contribution in [0, 0.1) is 5.92 Å². The lowest BCUT2D eigenvalue weighted by molar-refractivity contribution is -0.123. The van der Waals surface area contributed by atoms with Crippen molar-refractivity contribution >= 4 is 32.9 Å². The molecule has 0 atom stereocenters. The maximum absolute atomic E-state index is 13.4. The van der Waals surface area contributed by atoms with Gasteiger partial charge in [0.15, 0.2) is 15.5 Å². The van der Waals surface area contributed by atoms with Crippen LogP contribution in [-0.2, 0) is 14.6 Å². The van der Waals surface area contributed by atoms with Gasteiger partial charge in [-0.25, -0.2) is 8.42 Å². The number of hydrogen-bond acceptors (Lipinski definition) is 7. The minimum absolute atomic E-state index is 0.0348. The zero-order chi connectivity index (χ0) is 22.2. The number of fused-ring (bicyclic) bond motifs is 1. The molecule has 3 aromatic rings. The predicted molar refractivity (Wildman–Crippen MR) is 118 cm³/mol. The molecule has 4 rings (SSSR count). The molecular weight excluding hydrogens is 416 g/mol. The van der Waals surface area contributed by atoms with Crippen molar-refractivity contribution in [2.75, 3.05) is 29.1 Å². The van der Waals surface area contributed by atoms with E-state index in [-0.39, 0.29) is 22.8 Å². The second-order valence-corrected chi connectivity index (χ2v) is 10.2. The zero-order valence-electron chi connectivity index (χ0n) is 17.8. The summed E-state index contributed by atoms with van der Waals surface area (Å²) in [5.41, 5.74) is 1.41. The SMILES string of the molecule is CC(C)N(C(=O)C1CCN(c2ccc3nncn3n2)CC1)c1ccc(S(C)(=O)=O)cc1. The summed E-state index contributed by atoms with van der Waals surface area (Å²) >= 11 is 0. The quantitative estimate of drug-likeness (QED) is 0.597. The Hall–Kier alpha value is -3.01. The Labute approximate surface area is 181 Å². The van der Waals surface area contributed by atoms with Crippen LogP contribution >= 0.6 is 0 Å². The molecule has 0 saturated carbocycles. The number of anilines is 2. The first kappa shape index (κ1) is 21.2. The van der Waals surface area contributed by atoms with E-state index >= 15 is 0 Å². The third-order valence-corrected chi connectivity index (χ3v) is 6.74. The molecule has 1 amide bonds. The minimum Gasteiger partial charge on any atom is -0.355 e. The molecule has 1 fully saturated rings. The largest absolute Gasteiger partial charge is 0.355 e. The molecular formula is C21H26N6O3S. The van der Waals surface area contributed by atoms with Gasteiger partial charge in [0, 0.05) is 37.0 Å². The highest BCUT2D eigenvalue weighted by molar-refractivity contribution is 7.90. The van der Waals surface area contributed by atoms with E-state index in [1.807, 2.05) is 26.0 Å². The number of piperidine rings is 1. The molecule has 31 heavy (non-hydrogen) atoms. The first-order valence-electron chi connectivity index (χ1n) is 10.3. The first-order chi connectivity index (χ1) is 14.7. The number of rotatable bonds is 5. The lowest BCUT2D eigenvalue weighted by atomic mass is 9.94. The van der Waals surface area contributed by atoms with Crippen molar-refractivity contribution in [2.24, 2.45) is 5.92 Å². The van der Waals surface area contributed by atoms with Crippen LogP contribution in [0.1, 0.15) is 26.7 Å². The highest BCUT2D eigenvalue weighted by Crippen LogP contribution is 2.28. The minimum atomic E-state index is -3.27. The van der Waals surface area contributed by atoms with Gasteiger partial charge in [-0.2, -0.15) is 4.52 Å². The summed E-state index contributed by atoms with van der Waals surface area (Å²) in [6.45, 7) is 5.40. The van der Waals surface area contributed by atoms with Crippen molar-refractivity contribution in [1.82, 2.24) is 19.8 Å². The van der Waals surface area contributed by atoms with Crippen molar-refractivity contribution in [1.29, 1.82) is 0 Å². The fraction of sp³-hybridized carbons (Fsp3) is 0.429. The normalized spacial score (nSPS) is 15.5. The second-order valence-electron chi connectivity index (χ2n) is 8.15. The van der Waals surface area contributed by atoms with Crippen LogP contribution in [0.5, 0.6) is 0 Å². The van der Waals surface area contributed by atoms with E-state index in [9.17, 15) is 13.2 Å². The number of carbonyl (C=O) groups is 1. The maximum atomic E-state index is 13.4. The molecule has 0 N–H and O–H groups in total. The number of hydrogen-bond donors (Lipinski definition) is 0. The smallest absolute Gasteiger partial charge is 0.230 e. The Kier molecular flexibility index (Phi) is 5.65. The van der Waals surface area contributed by atoms with Gasteiger partial charge < -0.3 is 9.80 Å². The zero-order valence-corrected chi connectivity index (χ0v) is 18.7. The molecule has 1 saturated heterocycles. The summed E-state index contributed by atoms with van der Waals surface area (Å²) in [4.78, 5) is 17.5. The van der Waals surface area contributed by atoms with Crippen molar-refractivity contribution in [3.63, 3.8) is 0 Å². The summed E-state index contributed by atoms with van der Waals surface area (Å²) in [5, 5.41) is 12.4. The highest BCUT2D eigenvalue weighted by atomic mass is 32.2. The molecule has 3 heterocycles. The molecule has 2 aromatic heterocycles. The van der Waals surface area contributed by atoms with Gasteiger partial charge in [-0.1, -0.05) is 0 Å². The van der Waals surface area contributed by atoms with Gasteiger partial charge >= 0.3 is 0 Å². The first-order valence-corrected chi connectivity index (χ1v) is 12.2. The Morgan fingerprint density at radius 1 is 1.10 bits per heavy atom. The molecule has 0 aliphatic carbocycles. The number of nitrogens with zero attached hydrogens (tertiary/aromatic N) is 6. The van der Waals surface area contributed by atoms with Crippen LogP contribution < -0.4 is 9.80 Å². The number of sulfone groups is 1. The monoisotopic (exact) mass is 442 g/mol. The molecule has 0 bridgehead atoms. The van der Waals surface area contributed by atoms with Gasteiger partial charge in [-0.3, -0.25) is 4.79 Å². The highest BCUT2D eigenvalue weighted by Gasteiger charge is 2.31. The van der Waals surface area contributed by atoms with Crippen molar-refractivity contribution in [3.8, 4) is 0 Å². The molecule has 0 radical (unpaired) electrons. The van der Waals surface area contributed by atoms with Crippen molar-refractivity contribution in [2.45, 2.75) is 37.6 Å². The topological polar surface area (TPSA) is 101 Å². The van der Waals surface area contributed by atoms with Crippen LogP contribution in [-0.4, -0.2) is 59.5 Å². The van der Waals surface area contributed by atoms with Crippen LogP contribution in [0.4, 0.5) is 11.5 Å². The predicted octanol–water partition coefficient (Wildman–Crippen LogP) is 2.19. The van der Waals surface area contributed by atoms with E-state index in [0.717, 1.165) is 37.4 Å². The molecule has 1 aliphatic heterocycles. The lowest BCUT2D eigenvalue weighted by Crippen LogP contribution is -2.45. The van der Waals surface area contributed by atoms with Crippen molar-refractivity contribution in [3.05, 3.63) is 42.7 Å². The second kappa shape index (κ2) is 8.26. The molecule has 0 spiro atoms. The molecule has 1 aromatic carbocycles. The number of carbonyl (C=O) groups excluding carboxylic acids is 1. The Balaban J connectivity index is 1.46. The third kappa shape index (κ3) is 4.39. The van der Waals surface area contributed by atoms with E-state index in [1.54, 1.807) is 40.0 Å². The molecule has 10 heteroatoms. The third-order valence-electron chi connectivity index (χ3n) is 5.61. The van der Waals surface area contributed by atoms with E-state index in [1.165, 1.54) is 6.26 Å². The number of benzene rings is 1. The standard InChI is InChI=1S/C21H26N6O3S/c1-15(2)27(17-4-6-18(7-5-17)31(3,29)30)21(28)16-10-12-25(13-11-16)20-9-8-19-23-22-14-26(19)24-20/h4-9,14-16H,10-13H2,1-3H3. The number of amides is 1. The van der Waals surface area contributed by atoms with Crippen LogP contribution in [0.25, 0.3) is 5.65 Å². The lowest BCUT2D eigenvalue weighted by Gasteiger charge is -2.36. The van der Waals surface area contributed by atoms with Crippen LogP contribution in [0.2, 0.25) is 0 Å². The molecule has 0 unspecified atom stereocenters. The molecule has 9 nitrogen and oxygen atoms in total. The fourth-order valence-electron chi connectivity index (χ4n) is 3.97. The maximum Gasteiger partial charge on any atom is 0.230 e. The van der Waals surface area contributed by atoms with Gasteiger partial charge in [-0.05, 0) is 63.1 Å². The summed E-state index contributed by atoms with van der Waals surface area (Å²) in [5.74, 6) is 0.825. The van der Waals surface area contributed by atoms with E-state index in [4.69, 9.17) is 0 Å². The molecule has 1 aliphatic rings. The van der Waals surface area contributed by atoms with Gasteiger partial charge in [0.05, 0.1) is 4.90 Å². The van der Waals surface area contributed by atoms with E-state index in [2.05, 4.69) is 20.2 Å². The Morgan fingerprint density at radius 3 is 2.39 bits per heavy atom. The average molecular weight is 443 g/mol. The summed E-state index contributed by atoms with van der Waals surface area (Å²) in [6, 6.07) is 10.3. The van der Waals surface area contributed by atoms with Gasteiger partial charge in [0.2, 0.25) is 5.91 Å². The summed E-state index contributed by atoms with van der Waals surface area (Å²) in [7, 11) is -3.27. The van der Waals surface area contributed by atoms with Gasteiger partial charge in [-0.15, -0.1) is 15.3 Å². The van der Waals surface area contributed by atoms with Crippen molar-refractivity contribution < 1.29 is 13.2 Å². The fourth-order valence-corrected chi connectivity index (χ4v) is 4.60. The Morgan fingerprint density at radius 2 is 1.77 bits per heavy atom. The summed E-state index contributed by atoms with van der Waals surface area (Å²) < 4.78 is 25.1. The van der Waals surface area contributed by atoms with Gasteiger partial charge in [0.25, 0.3) is 0 Å². The van der Waals surface area contributed by atoms with Crippen LogP contribution in [0.3, 0.4) is 0 Å². The Bertz CT molecular complexity index is 1180. The average Bonchev–Trinajstić information content (AvgIpc) is 3.21. The molecule has 164 valence electrons. The van der Waals surface area contributed by atoms with Crippen LogP contribution in [0.15, 0.2) is 47.6 Å². The van der Waals surface area contributed by atoms with E-state index in [0.29, 0.717) is 5.65 Å². The van der Waals surface area contributed by atoms with Gasteiger partial charge in [0.1, 0.15) is 12.1 Å². The summed E-state index contributed by atoms with van der Waals surface area (Å²) in [6.07, 6.45) is 4.21. The van der Waals surface area contributed by atoms with E-state index < -0.39 is 9.84 Å². The number of aromatic nitrogens is 4.